The van der Waals surface area contributed by atoms with Gasteiger partial charge in [-0.3, -0.25) is 0 Å². The SMILES string of the molecule is CCCOc1ccc(CNC(=O)N(C)Cc2cccc(OC)c2)cn1. The van der Waals surface area contributed by atoms with Gasteiger partial charge in [0.2, 0.25) is 5.88 Å². The van der Waals surface area contributed by atoms with Gasteiger partial charge in [0, 0.05) is 32.4 Å². The fourth-order valence-corrected chi connectivity index (χ4v) is 2.24. The number of carbonyl (C=O) groups is 1. The highest BCUT2D eigenvalue weighted by Crippen LogP contribution is 2.14. The molecule has 1 N–H and O–H groups in total. The molecule has 6 nitrogen and oxygen atoms in total. The first-order chi connectivity index (χ1) is 12.1. The molecule has 6 heteroatoms. The van der Waals surface area contributed by atoms with Gasteiger partial charge in [-0.05, 0) is 29.7 Å². The van der Waals surface area contributed by atoms with Crippen LogP contribution in [0, 0.1) is 0 Å². The summed E-state index contributed by atoms with van der Waals surface area (Å²) in [6.45, 7) is 3.62. The van der Waals surface area contributed by atoms with E-state index in [9.17, 15) is 4.79 Å². The minimum Gasteiger partial charge on any atom is -0.497 e. The second-order valence-corrected chi connectivity index (χ2v) is 5.72. The van der Waals surface area contributed by atoms with Gasteiger partial charge in [0.25, 0.3) is 0 Å². The summed E-state index contributed by atoms with van der Waals surface area (Å²) in [7, 11) is 3.39. The van der Waals surface area contributed by atoms with Crippen LogP contribution in [0.4, 0.5) is 4.79 Å². The third kappa shape index (κ3) is 5.99. The first kappa shape index (κ1) is 18.6. The molecule has 0 unspecified atom stereocenters. The maximum Gasteiger partial charge on any atom is 0.317 e. The monoisotopic (exact) mass is 343 g/mol. The van der Waals surface area contributed by atoms with E-state index in [2.05, 4.69) is 10.3 Å². The molecule has 2 amide bonds. The van der Waals surface area contributed by atoms with Crippen LogP contribution >= 0.6 is 0 Å². The Morgan fingerprint density at radius 1 is 1.24 bits per heavy atom. The Morgan fingerprint density at radius 3 is 2.76 bits per heavy atom. The molecule has 1 heterocycles. The summed E-state index contributed by atoms with van der Waals surface area (Å²) in [6.07, 6.45) is 2.66. The van der Waals surface area contributed by atoms with Crippen LogP contribution in [0.3, 0.4) is 0 Å². The van der Waals surface area contributed by atoms with E-state index in [1.807, 2.05) is 43.3 Å². The van der Waals surface area contributed by atoms with E-state index in [1.54, 1.807) is 25.3 Å². The molecule has 2 rings (SSSR count). The van der Waals surface area contributed by atoms with Crippen LogP contribution < -0.4 is 14.8 Å². The second kappa shape index (κ2) is 9.52. The van der Waals surface area contributed by atoms with Crippen molar-refractivity contribution < 1.29 is 14.3 Å². The lowest BCUT2D eigenvalue weighted by Crippen LogP contribution is -2.36. The fourth-order valence-electron chi connectivity index (χ4n) is 2.24. The van der Waals surface area contributed by atoms with E-state index in [4.69, 9.17) is 9.47 Å². The largest absolute Gasteiger partial charge is 0.497 e. The molecule has 0 aliphatic rings. The van der Waals surface area contributed by atoms with Crippen molar-refractivity contribution in [1.82, 2.24) is 15.2 Å². The van der Waals surface area contributed by atoms with Crippen LogP contribution in [0.15, 0.2) is 42.6 Å². The van der Waals surface area contributed by atoms with Crippen LogP contribution in [0.5, 0.6) is 11.6 Å². The number of rotatable bonds is 8. The van der Waals surface area contributed by atoms with Crippen molar-refractivity contribution in [2.24, 2.45) is 0 Å². The van der Waals surface area contributed by atoms with Gasteiger partial charge in [0.05, 0.1) is 13.7 Å². The number of hydrogen-bond acceptors (Lipinski definition) is 4. The van der Waals surface area contributed by atoms with Gasteiger partial charge in [0.1, 0.15) is 5.75 Å². The number of pyridine rings is 1. The summed E-state index contributed by atoms with van der Waals surface area (Å²) in [6, 6.07) is 11.2. The van der Waals surface area contributed by atoms with E-state index in [0.717, 1.165) is 23.3 Å². The minimum atomic E-state index is -0.144. The molecule has 134 valence electrons. The lowest BCUT2D eigenvalue weighted by Gasteiger charge is -2.18. The van der Waals surface area contributed by atoms with Gasteiger partial charge in [-0.1, -0.05) is 25.1 Å². The molecule has 0 radical (unpaired) electrons. The van der Waals surface area contributed by atoms with Gasteiger partial charge >= 0.3 is 6.03 Å². The average molecular weight is 343 g/mol. The number of ether oxygens (including phenoxy) is 2. The van der Waals surface area contributed by atoms with Crippen LogP contribution in [-0.2, 0) is 13.1 Å². The molecule has 0 fully saturated rings. The Labute approximate surface area is 148 Å². The van der Waals surface area contributed by atoms with Gasteiger partial charge in [-0.15, -0.1) is 0 Å². The molecular formula is C19H25N3O3. The third-order valence-electron chi connectivity index (χ3n) is 3.60. The quantitative estimate of drug-likeness (QED) is 0.799. The van der Waals surface area contributed by atoms with Gasteiger partial charge < -0.3 is 19.7 Å². The first-order valence-electron chi connectivity index (χ1n) is 8.32. The molecule has 0 atom stereocenters. The topological polar surface area (TPSA) is 63.7 Å². The van der Waals surface area contributed by atoms with Crippen molar-refractivity contribution in [3.05, 3.63) is 53.7 Å². The normalized spacial score (nSPS) is 10.2. The van der Waals surface area contributed by atoms with Crippen LogP contribution in [-0.4, -0.2) is 36.7 Å². The van der Waals surface area contributed by atoms with Crippen LogP contribution in [0.2, 0.25) is 0 Å². The number of urea groups is 1. The molecular weight excluding hydrogens is 318 g/mol. The lowest BCUT2D eigenvalue weighted by molar-refractivity contribution is 0.206. The van der Waals surface area contributed by atoms with Crippen LogP contribution in [0.1, 0.15) is 24.5 Å². The van der Waals surface area contributed by atoms with Crippen molar-refractivity contribution in [3.63, 3.8) is 0 Å². The molecule has 0 saturated carbocycles. The Kier molecular flexibility index (Phi) is 7.07. The van der Waals surface area contributed by atoms with Gasteiger partial charge in [-0.25, -0.2) is 9.78 Å². The van der Waals surface area contributed by atoms with Crippen molar-refractivity contribution >= 4 is 6.03 Å². The number of carbonyl (C=O) groups excluding carboxylic acids is 1. The van der Waals surface area contributed by atoms with E-state index in [0.29, 0.717) is 25.6 Å². The number of benzene rings is 1. The lowest BCUT2D eigenvalue weighted by atomic mass is 10.2. The standard InChI is InChI=1S/C19H25N3O3/c1-4-10-25-18-9-8-16(12-20-18)13-21-19(23)22(2)14-15-6-5-7-17(11-15)24-3/h5-9,11-12H,4,10,13-14H2,1-3H3,(H,21,23). The van der Waals surface area contributed by atoms with E-state index >= 15 is 0 Å². The van der Waals surface area contributed by atoms with Crippen molar-refractivity contribution in [3.8, 4) is 11.6 Å². The van der Waals surface area contributed by atoms with E-state index < -0.39 is 0 Å². The number of aromatic nitrogens is 1. The average Bonchev–Trinajstić information content (AvgIpc) is 2.65. The number of nitrogens with one attached hydrogen (secondary N) is 1. The number of nitrogens with zero attached hydrogens (tertiary/aromatic N) is 2. The summed E-state index contributed by atoms with van der Waals surface area (Å²) < 4.78 is 10.6. The zero-order valence-corrected chi connectivity index (χ0v) is 15.0. The maximum atomic E-state index is 12.2. The molecule has 2 aromatic rings. The molecule has 0 aliphatic heterocycles. The predicted molar refractivity (Wildman–Crippen MR) is 96.7 cm³/mol. The first-order valence-corrected chi connectivity index (χ1v) is 8.32. The molecule has 0 saturated heterocycles. The number of amides is 2. The highest BCUT2D eigenvalue weighted by Gasteiger charge is 2.09. The molecule has 1 aromatic carbocycles. The third-order valence-corrected chi connectivity index (χ3v) is 3.60. The molecule has 1 aromatic heterocycles. The van der Waals surface area contributed by atoms with Crippen LogP contribution in [0.25, 0.3) is 0 Å². The Hall–Kier alpha value is -2.76. The number of methoxy groups -OCH3 is 1. The Bertz CT molecular complexity index is 674. The van der Waals surface area contributed by atoms with Crippen molar-refractivity contribution in [2.75, 3.05) is 20.8 Å². The summed E-state index contributed by atoms with van der Waals surface area (Å²) in [5.74, 6) is 1.38. The zero-order valence-electron chi connectivity index (χ0n) is 15.0. The van der Waals surface area contributed by atoms with E-state index in [1.165, 1.54) is 0 Å². The van der Waals surface area contributed by atoms with Crippen molar-refractivity contribution in [2.45, 2.75) is 26.4 Å². The smallest absolute Gasteiger partial charge is 0.317 e. The Balaban J connectivity index is 1.82. The zero-order chi connectivity index (χ0) is 18.1. The van der Waals surface area contributed by atoms with Gasteiger partial charge in [-0.2, -0.15) is 0 Å². The molecule has 0 aliphatic carbocycles. The van der Waals surface area contributed by atoms with E-state index in [-0.39, 0.29) is 6.03 Å². The Morgan fingerprint density at radius 2 is 2.08 bits per heavy atom. The highest BCUT2D eigenvalue weighted by molar-refractivity contribution is 5.73. The number of hydrogen-bond donors (Lipinski definition) is 1. The summed E-state index contributed by atoms with van der Waals surface area (Å²) in [5.41, 5.74) is 1.93. The fraction of sp³-hybridized carbons (Fsp3) is 0.368. The molecule has 0 bridgehead atoms. The second-order valence-electron chi connectivity index (χ2n) is 5.72. The molecule has 0 spiro atoms. The minimum absolute atomic E-state index is 0.144. The highest BCUT2D eigenvalue weighted by atomic mass is 16.5. The summed E-state index contributed by atoms with van der Waals surface area (Å²) >= 11 is 0. The predicted octanol–water partition coefficient (Wildman–Crippen LogP) is 3.22. The maximum absolute atomic E-state index is 12.2. The summed E-state index contributed by atoms with van der Waals surface area (Å²) in [5, 5.41) is 2.89. The molecule has 25 heavy (non-hydrogen) atoms. The van der Waals surface area contributed by atoms with Crippen molar-refractivity contribution in [1.29, 1.82) is 0 Å². The summed E-state index contributed by atoms with van der Waals surface area (Å²) in [4.78, 5) is 18.1. The van der Waals surface area contributed by atoms with Gasteiger partial charge in [0.15, 0.2) is 0 Å².